The smallest absolute Gasteiger partial charge is 0.0832 e. The van der Waals surface area contributed by atoms with Crippen LogP contribution in [0.15, 0.2) is 59.1 Å². The summed E-state index contributed by atoms with van der Waals surface area (Å²) in [6.45, 7) is 4.42. The highest BCUT2D eigenvalue weighted by molar-refractivity contribution is 7.99. The Kier molecular flexibility index (Phi) is 4.12. The maximum atomic E-state index is 4.49. The number of fused-ring (bicyclic) bond motifs is 2. The molecule has 0 amide bonds. The van der Waals surface area contributed by atoms with Gasteiger partial charge < -0.3 is 5.32 Å². The highest BCUT2D eigenvalue weighted by atomic mass is 32.2. The molecule has 0 saturated heterocycles. The molecule has 4 aromatic rings. The van der Waals surface area contributed by atoms with E-state index < -0.39 is 0 Å². The molecule has 0 unspecified atom stereocenters. The van der Waals surface area contributed by atoms with Gasteiger partial charge in [0.05, 0.1) is 21.2 Å². The minimum atomic E-state index is 0.558. The summed E-state index contributed by atoms with van der Waals surface area (Å²) in [5.41, 5.74) is 6.02. The maximum absolute atomic E-state index is 4.49. The second-order valence-corrected chi connectivity index (χ2v) is 8.40. The highest BCUT2D eigenvalue weighted by Gasteiger charge is 2.06. The lowest BCUT2D eigenvalue weighted by Crippen LogP contribution is -1.93. The van der Waals surface area contributed by atoms with E-state index in [0.717, 1.165) is 27.8 Å². The minimum Gasteiger partial charge on any atom is -0.355 e. The number of hydrogen-bond donors (Lipinski definition) is 1. The van der Waals surface area contributed by atoms with Crippen molar-refractivity contribution >= 4 is 55.6 Å². The number of thiazole rings is 1. The Morgan fingerprint density at radius 2 is 1.92 bits per heavy atom. The molecule has 2 aromatic heterocycles. The lowest BCUT2D eigenvalue weighted by molar-refractivity contribution is 1.11. The zero-order valence-electron chi connectivity index (χ0n) is 13.5. The number of nitrogens with zero attached hydrogens (tertiary/aromatic N) is 2. The quantitative estimate of drug-likeness (QED) is 0.452. The van der Waals surface area contributed by atoms with Crippen molar-refractivity contribution in [3.63, 3.8) is 0 Å². The standard InChI is InChI=1S/C19H17N3S2/c1-12(2)24-14-4-5-16-15(10-14)17(7-8-20-16)22-13-3-6-19-18(9-13)21-11-23-19/h3-12H,1-2H3,(H,20,22). The zero-order chi connectivity index (χ0) is 16.5. The molecule has 0 spiro atoms. The van der Waals surface area contributed by atoms with E-state index in [0.29, 0.717) is 5.25 Å². The molecule has 2 heterocycles. The first-order valence-corrected chi connectivity index (χ1v) is 9.61. The van der Waals surface area contributed by atoms with Crippen molar-refractivity contribution in [2.45, 2.75) is 24.0 Å². The van der Waals surface area contributed by atoms with Crippen LogP contribution in [0.2, 0.25) is 0 Å². The molecule has 120 valence electrons. The number of pyridine rings is 1. The summed E-state index contributed by atoms with van der Waals surface area (Å²) < 4.78 is 1.20. The van der Waals surface area contributed by atoms with E-state index in [-0.39, 0.29) is 0 Å². The van der Waals surface area contributed by atoms with Crippen LogP contribution in [0.5, 0.6) is 0 Å². The summed E-state index contributed by atoms with van der Waals surface area (Å²) in [5.74, 6) is 0. The van der Waals surface area contributed by atoms with Crippen molar-refractivity contribution < 1.29 is 0 Å². The van der Waals surface area contributed by atoms with Crippen molar-refractivity contribution in [2.24, 2.45) is 0 Å². The normalized spacial score (nSPS) is 11.5. The highest BCUT2D eigenvalue weighted by Crippen LogP contribution is 2.31. The van der Waals surface area contributed by atoms with E-state index in [2.05, 4.69) is 65.5 Å². The SMILES string of the molecule is CC(C)Sc1ccc2nccc(Nc3ccc4scnc4c3)c2c1. The van der Waals surface area contributed by atoms with Crippen LogP contribution in [0.3, 0.4) is 0 Å². The predicted molar refractivity (Wildman–Crippen MR) is 106 cm³/mol. The van der Waals surface area contributed by atoms with E-state index in [1.54, 1.807) is 11.3 Å². The van der Waals surface area contributed by atoms with Crippen LogP contribution in [-0.4, -0.2) is 15.2 Å². The number of nitrogens with one attached hydrogen (secondary N) is 1. The van der Waals surface area contributed by atoms with Crippen molar-refractivity contribution in [1.29, 1.82) is 0 Å². The average molecular weight is 352 g/mol. The van der Waals surface area contributed by atoms with Crippen molar-refractivity contribution in [2.75, 3.05) is 5.32 Å². The van der Waals surface area contributed by atoms with Gasteiger partial charge in [-0.3, -0.25) is 4.98 Å². The molecule has 0 aliphatic heterocycles. The van der Waals surface area contributed by atoms with Gasteiger partial charge in [-0.25, -0.2) is 4.98 Å². The molecule has 0 aliphatic carbocycles. The molecule has 5 heteroatoms. The third-order valence-corrected chi connectivity index (χ3v) is 5.50. The van der Waals surface area contributed by atoms with Gasteiger partial charge in [0.2, 0.25) is 0 Å². The zero-order valence-corrected chi connectivity index (χ0v) is 15.1. The maximum Gasteiger partial charge on any atom is 0.0832 e. The summed E-state index contributed by atoms with van der Waals surface area (Å²) in [6.07, 6.45) is 1.85. The van der Waals surface area contributed by atoms with Crippen LogP contribution >= 0.6 is 23.1 Å². The van der Waals surface area contributed by atoms with Crippen LogP contribution in [0.25, 0.3) is 21.1 Å². The van der Waals surface area contributed by atoms with Crippen LogP contribution in [0.1, 0.15) is 13.8 Å². The Hall–Kier alpha value is -2.11. The molecule has 0 aliphatic rings. The number of aromatic nitrogens is 2. The van der Waals surface area contributed by atoms with Crippen LogP contribution < -0.4 is 5.32 Å². The first-order valence-electron chi connectivity index (χ1n) is 7.85. The summed E-state index contributed by atoms with van der Waals surface area (Å²) in [5, 5.41) is 5.22. The summed E-state index contributed by atoms with van der Waals surface area (Å²) in [4.78, 5) is 10.1. The van der Waals surface area contributed by atoms with Crippen LogP contribution in [0.4, 0.5) is 11.4 Å². The Labute approximate surface area is 149 Å². The molecule has 4 rings (SSSR count). The van der Waals surface area contributed by atoms with Crippen molar-refractivity contribution in [3.05, 3.63) is 54.2 Å². The number of anilines is 2. The van der Waals surface area contributed by atoms with Gasteiger partial charge in [0.15, 0.2) is 0 Å². The third kappa shape index (κ3) is 3.09. The van der Waals surface area contributed by atoms with E-state index in [1.165, 1.54) is 9.60 Å². The molecule has 0 bridgehead atoms. The molecule has 0 fully saturated rings. The monoisotopic (exact) mass is 351 g/mol. The van der Waals surface area contributed by atoms with E-state index in [4.69, 9.17) is 0 Å². The van der Waals surface area contributed by atoms with Gasteiger partial charge in [-0.2, -0.15) is 0 Å². The van der Waals surface area contributed by atoms with Crippen LogP contribution in [0, 0.1) is 0 Å². The van der Waals surface area contributed by atoms with Gasteiger partial charge in [0, 0.05) is 33.1 Å². The fourth-order valence-corrected chi connectivity index (χ4v) is 4.21. The average Bonchev–Trinajstić information content (AvgIpc) is 3.02. The molecule has 0 radical (unpaired) electrons. The first-order chi connectivity index (χ1) is 11.7. The van der Waals surface area contributed by atoms with Crippen LogP contribution in [-0.2, 0) is 0 Å². The number of rotatable bonds is 4. The lowest BCUT2D eigenvalue weighted by atomic mass is 10.2. The predicted octanol–water partition coefficient (Wildman–Crippen LogP) is 6.09. The Balaban J connectivity index is 1.74. The molecule has 3 nitrogen and oxygen atoms in total. The van der Waals surface area contributed by atoms with Crippen molar-refractivity contribution in [3.8, 4) is 0 Å². The van der Waals surface area contributed by atoms with Gasteiger partial charge in [-0.05, 0) is 42.5 Å². The molecule has 2 aromatic carbocycles. The molecule has 1 N–H and O–H groups in total. The fourth-order valence-electron chi connectivity index (χ4n) is 2.67. The Morgan fingerprint density at radius 1 is 1.00 bits per heavy atom. The summed E-state index contributed by atoms with van der Waals surface area (Å²) in [7, 11) is 0. The van der Waals surface area contributed by atoms with E-state index >= 15 is 0 Å². The topological polar surface area (TPSA) is 37.8 Å². The lowest BCUT2D eigenvalue weighted by Gasteiger charge is -2.11. The number of thioether (sulfide) groups is 1. The van der Waals surface area contributed by atoms with E-state index in [1.807, 2.05) is 29.5 Å². The van der Waals surface area contributed by atoms with Gasteiger partial charge in [-0.15, -0.1) is 23.1 Å². The molecule has 0 saturated carbocycles. The molecular weight excluding hydrogens is 334 g/mol. The fraction of sp³-hybridized carbons (Fsp3) is 0.158. The van der Waals surface area contributed by atoms with Gasteiger partial charge in [0.25, 0.3) is 0 Å². The molecular formula is C19H17N3S2. The second kappa shape index (κ2) is 6.42. The third-order valence-electron chi connectivity index (χ3n) is 3.69. The van der Waals surface area contributed by atoms with Crippen molar-refractivity contribution in [1.82, 2.24) is 9.97 Å². The minimum absolute atomic E-state index is 0.558. The van der Waals surface area contributed by atoms with Gasteiger partial charge in [0.1, 0.15) is 0 Å². The molecule has 24 heavy (non-hydrogen) atoms. The first kappa shape index (κ1) is 15.4. The molecule has 0 atom stereocenters. The van der Waals surface area contributed by atoms with Gasteiger partial charge >= 0.3 is 0 Å². The Morgan fingerprint density at radius 3 is 2.79 bits per heavy atom. The number of hydrogen-bond acceptors (Lipinski definition) is 5. The Bertz CT molecular complexity index is 1010. The van der Waals surface area contributed by atoms with Gasteiger partial charge in [-0.1, -0.05) is 13.8 Å². The largest absolute Gasteiger partial charge is 0.355 e. The number of benzene rings is 2. The summed E-state index contributed by atoms with van der Waals surface area (Å²) in [6, 6.07) is 14.8. The second-order valence-electron chi connectivity index (χ2n) is 5.86. The summed E-state index contributed by atoms with van der Waals surface area (Å²) >= 11 is 3.53. The van der Waals surface area contributed by atoms with E-state index in [9.17, 15) is 0 Å².